The fraction of sp³-hybridized carbons (Fsp3) is 0.214. The number of carbonyl (C=O) groups excluding carboxylic acids is 1. The van der Waals surface area contributed by atoms with E-state index < -0.39 is 63.6 Å². The summed E-state index contributed by atoms with van der Waals surface area (Å²) in [6.07, 6.45) is -0.393. The minimum atomic E-state index is -1.11. The van der Waals surface area contributed by atoms with E-state index in [1.165, 1.54) is 46.6 Å². The van der Waals surface area contributed by atoms with Crippen molar-refractivity contribution in [3.63, 3.8) is 0 Å². The third-order valence-corrected chi connectivity index (χ3v) is 6.43. The van der Waals surface area contributed by atoms with Crippen molar-refractivity contribution in [1.82, 2.24) is 0 Å². The van der Waals surface area contributed by atoms with Crippen LogP contribution < -0.4 is 19.6 Å². The van der Waals surface area contributed by atoms with Gasteiger partial charge in [0.2, 0.25) is 11.2 Å². The average Bonchev–Trinajstić information content (AvgIpc) is 2.94. The molecule has 0 radical (unpaired) electrons. The lowest BCUT2D eigenvalue weighted by Gasteiger charge is -2.23. The van der Waals surface area contributed by atoms with E-state index >= 15 is 0 Å². The van der Waals surface area contributed by atoms with Crippen molar-refractivity contribution in [2.24, 2.45) is 0 Å². The van der Waals surface area contributed by atoms with Gasteiger partial charge in [0.1, 0.15) is 28.2 Å². The molecule has 0 aliphatic rings. The lowest BCUT2D eigenvalue weighted by Crippen LogP contribution is -2.14. The van der Waals surface area contributed by atoms with Crippen molar-refractivity contribution >= 4 is 16.9 Å². The SMILES string of the molecule is COC(=O)CC(c1cc(OC)c(OC)cc1OC)c1c(O)cc(O)c2c(=O)c(O)c(-c3ccc(O)c(O)c3)oc12. The van der Waals surface area contributed by atoms with E-state index in [1.54, 1.807) is 0 Å². The van der Waals surface area contributed by atoms with Crippen LogP contribution in [0.2, 0.25) is 0 Å². The van der Waals surface area contributed by atoms with E-state index in [2.05, 4.69) is 0 Å². The number of hydrogen-bond acceptors (Lipinski definition) is 12. The Morgan fingerprint density at radius 3 is 2.05 bits per heavy atom. The number of phenolic OH excluding ortho intramolecular Hbond substituents is 4. The molecule has 12 heteroatoms. The molecule has 5 N–H and O–H groups in total. The van der Waals surface area contributed by atoms with E-state index in [0.717, 1.165) is 18.2 Å². The average molecular weight is 555 g/mol. The number of phenols is 4. The minimum absolute atomic E-state index is 0.00574. The number of rotatable bonds is 8. The second-order valence-corrected chi connectivity index (χ2v) is 8.63. The number of benzene rings is 3. The van der Waals surface area contributed by atoms with E-state index in [-0.39, 0.29) is 28.2 Å². The standard InChI is InChI=1S/C28H26O12/c1-36-19-11-21(38-3)20(37-2)8-13(19)14(9-22(33)39-4)23-17(31)10-18(32)24-25(34)26(35)27(40-28(23)24)12-5-6-15(29)16(30)7-12/h5-8,10-11,14,29-32,35H,9H2,1-4H3. The van der Waals surface area contributed by atoms with Gasteiger partial charge in [-0.1, -0.05) is 0 Å². The van der Waals surface area contributed by atoms with Gasteiger partial charge in [-0.25, -0.2) is 0 Å². The molecule has 0 amide bonds. The maximum atomic E-state index is 13.3. The van der Waals surface area contributed by atoms with Crippen LogP contribution in [0.1, 0.15) is 23.5 Å². The van der Waals surface area contributed by atoms with Gasteiger partial charge >= 0.3 is 5.97 Å². The molecule has 3 aromatic carbocycles. The Morgan fingerprint density at radius 1 is 0.800 bits per heavy atom. The topological polar surface area (TPSA) is 185 Å². The van der Waals surface area contributed by atoms with Gasteiger partial charge in [-0.3, -0.25) is 9.59 Å². The Bertz CT molecular complexity index is 1670. The zero-order chi connectivity index (χ0) is 29.3. The fourth-order valence-corrected chi connectivity index (χ4v) is 4.48. The zero-order valence-corrected chi connectivity index (χ0v) is 21.8. The Balaban J connectivity index is 2.13. The molecule has 1 aromatic heterocycles. The quantitative estimate of drug-likeness (QED) is 0.157. The highest BCUT2D eigenvalue weighted by molar-refractivity contribution is 5.92. The first-order valence-corrected chi connectivity index (χ1v) is 11.7. The predicted octanol–water partition coefficient (Wildman–Crippen LogP) is 3.71. The van der Waals surface area contributed by atoms with Crippen molar-refractivity contribution in [2.75, 3.05) is 28.4 Å². The summed E-state index contributed by atoms with van der Waals surface area (Å²) in [5.74, 6) is -4.63. The van der Waals surface area contributed by atoms with Gasteiger partial charge in [0, 0.05) is 34.7 Å². The molecular formula is C28H26O12. The number of methoxy groups -OCH3 is 4. The molecule has 1 heterocycles. The van der Waals surface area contributed by atoms with Crippen molar-refractivity contribution in [1.29, 1.82) is 0 Å². The second-order valence-electron chi connectivity index (χ2n) is 8.63. The molecule has 0 fully saturated rings. The van der Waals surface area contributed by atoms with Crippen LogP contribution in [-0.4, -0.2) is 59.9 Å². The fourth-order valence-electron chi connectivity index (χ4n) is 4.48. The van der Waals surface area contributed by atoms with E-state index in [4.69, 9.17) is 23.4 Å². The number of carbonyl (C=O) groups is 1. The zero-order valence-electron chi connectivity index (χ0n) is 21.8. The van der Waals surface area contributed by atoms with Gasteiger partial charge in [-0.05, 0) is 24.3 Å². The Hall–Kier alpha value is -5.26. The number of hydrogen-bond donors (Lipinski definition) is 5. The first-order valence-electron chi connectivity index (χ1n) is 11.7. The van der Waals surface area contributed by atoms with E-state index in [9.17, 15) is 35.1 Å². The van der Waals surface area contributed by atoms with Crippen LogP contribution in [0.4, 0.5) is 0 Å². The normalized spacial score (nSPS) is 11.7. The summed E-state index contributed by atoms with van der Waals surface area (Å²) in [6.45, 7) is 0. The van der Waals surface area contributed by atoms with Crippen LogP contribution in [0.5, 0.6) is 46.0 Å². The van der Waals surface area contributed by atoms with Gasteiger partial charge in [-0.2, -0.15) is 0 Å². The number of aromatic hydroxyl groups is 5. The van der Waals surface area contributed by atoms with Crippen LogP contribution in [0.15, 0.2) is 45.6 Å². The Morgan fingerprint density at radius 2 is 1.45 bits per heavy atom. The number of ether oxygens (including phenoxy) is 4. The summed E-state index contributed by atoms with van der Waals surface area (Å²) in [6, 6.07) is 7.34. The summed E-state index contributed by atoms with van der Waals surface area (Å²) in [5.41, 5.74) is -1.25. The maximum Gasteiger partial charge on any atom is 0.306 e. The summed E-state index contributed by atoms with van der Waals surface area (Å²) in [5, 5.41) is 51.6. The summed E-state index contributed by atoms with van der Waals surface area (Å²) >= 11 is 0. The van der Waals surface area contributed by atoms with Crippen molar-refractivity contribution < 1.29 is 53.7 Å². The maximum absolute atomic E-state index is 13.3. The molecule has 0 aliphatic heterocycles. The van der Waals surface area contributed by atoms with Gasteiger partial charge in [0.05, 0.1) is 34.9 Å². The third kappa shape index (κ3) is 4.70. The van der Waals surface area contributed by atoms with Crippen molar-refractivity contribution in [3.05, 3.63) is 57.7 Å². The molecule has 12 nitrogen and oxygen atoms in total. The molecule has 0 aliphatic carbocycles. The van der Waals surface area contributed by atoms with Crippen LogP contribution in [0.3, 0.4) is 0 Å². The molecule has 0 saturated heterocycles. The molecular weight excluding hydrogens is 528 g/mol. The molecule has 4 rings (SSSR count). The highest BCUT2D eigenvalue weighted by Crippen LogP contribution is 2.48. The molecule has 4 aromatic rings. The molecule has 0 spiro atoms. The molecule has 0 saturated carbocycles. The van der Waals surface area contributed by atoms with Gasteiger partial charge in [0.15, 0.2) is 28.8 Å². The third-order valence-electron chi connectivity index (χ3n) is 6.43. The molecule has 0 bridgehead atoms. The first-order chi connectivity index (χ1) is 19.1. The highest BCUT2D eigenvalue weighted by Gasteiger charge is 2.32. The number of esters is 1. The Labute approximate surface area is 226 Å². The van der Waals surface area contributed by atoms with Crippen LogP contribution >= 0.6 is 0 Å². The lowest BCUT2D eigenvalue weighted by molar-refractivity contribution is -0.140. The largest absolute Gasteiger partial charge is 0.507 e. The molecule has 1 atom stereocenters. The summed E-state index contributed by atoms with van der Waals surface area (Å²) in [7, 11) is 5.37. The van der Waals surface area contributed by atoms with E-state index in [1.807, 2.05) is 0 Å². The van der Waals surface area contributed by atoms with Gasteiger partial charge in [-0.15, -0.1) is 0 Å². The van der Waals surface area contributed by atoms with Crippen molar-refractivity contribution in [2.45, 2.75) is 12.3 Å². The molecule has 210 valence electrons. The molecule has 1 unspecified atom stereocenters. The molecule has 40 heavy (non-hydrogen) atoms. The number of fused-ring (bicyclic) bond motifs is 1. The second kappa shape index (κ2) is 10.8. The van der Waals surface area contributed by atoms with Crippen LogP contribution in [0, 0.1) is 0 Å². The minimum Gasteiger partial charge on any atom is -0.507 e. The van der Waals surface area contributed by atoms with Gasteiger partial charge in [0.25, 0.3) is 0 Å². The van der Waals surface area contributed by atoms with Crippen LogP contribution in [0.25, 0.3) is 22.3 Å². The Kier molecular flexibility index (Phi) is 7.53. The predicted molar refractivity (Wildman–Crippen MR) is 141 cm³/mol. The summed E-state index contributed by atoms with van der Waals surface area (Å²) in [4.78, 5) is 25.9. The smallest absolute Gasteiger partial charge is 0.306 e. The van der Waals surface area contributed by atoms with Gasteiger partial charge < -0.3 is 48.9 Å². The lowest BCUT2D eigenvalue weighted by atomic mass is 9.85. The first kappa shape index (κ1) is 27.8. The van der Waals surface area contributed by atoms with Crippen molar-refractivity contribution in [3.8, 4) is 57.3 Å². The highest BCUT2D eigenvalue weighted by atomic mass is 16.5. The monoisotopic (exact) mass is 554 g/mol. The summed E-state index contributed by atoms with van der Waals surface area (Å²) < 4.78 is 27.1. The van der Waals surface area contributed by atoms with E-state index in [0.29, 0.717) is 11.3 Å². The van der Waals surface area contributed by atoms with Crippen LogP contribution in [-0.2, 0) is 9.53 Å².